The second kappa shape index (κ2) is 8.40. The van der Waals surface area contributed by atoms with Crippen LogP contribution in [-0.4, -0.2) is 53.7 Å². The molecule has 1 aliphatic heterocycles. The molecular formula is C16H21N3O2. The Labute approximate surface area is 125 Å². The number of hydrogen-bond donors (Lipinski definition) is 2. The number of nitrogens with one attached hydrogen (secondary N) is 1. The highest BCUT2D eigenvalue weighted by atomic mass is 16.2. The highest BCUT2D eigenvalue weighted by Crippen LogP contribution is 2.07. The van der Waals surface area contributed by atoms with E-state index in [4.69, 9.17) is 5.11 Å². The first-order valence-electron chi connectivity index (χ1n) is 7.36. The third-order valence-electron chi connectivity index (χ3n) is 3.46. The minimum Gasteiger partial charge on any atom is -0.384 e. The lowest BCUT2D eigenvalue weighted by Crippen LogP contribution is -2.29. The van der Waals surface area contributed by atoms with Crippen LogP contribution >= 0.6 is 0 Å². The highest BCUT2D eigenvalue weighted by Gasteiger charge is 2.12. The van der Waals surface area contributed by atoms with E-state index >= 15 is 0 Å². The van der Waals surface area contributed by atoms with Gasteiger partial charge in [0.1, 0.15) is 12.3 Å². The molecule has 0 spiro atoms. The molecule has 0 aliphatic carbocycles. The van der Waals surface area contributed by atoms with Crippen LogP contribution in [0, 0.1) is 11.8 Å². The van der Waals surface area contributed by atoms with E-state index in [1.807, 2.05) is 0 Å². The molecule has 0 radical (unpaired) electrons. The summed E-state index contributed by atoms with van der Waals surface area (Å²) in [5.74, 6) is 5.08. The summed E-state index contributed by atoms with van der Waals surface area (Å²) < 4.78 is 0. The largest absolute Gasteiger partial charge is 0.384 e. The number of amides is 1. The first-order valence-corrected chi connectivity index (χ1v) is 7.36. The summed E-state index contributed by atoms with van der Waals surface area (Å²) in [4.78, 5) is 18.6. The topological polar surface area (TPSA) is 65.5 Å². The van der Waals surface area contributed by atoms with Crippen molar-refractivity contribution in [2.24, 2.45) is 0 Å². The summed E-state index contributed by atoms with van der Waals surface area (Å²) in [6, 6.07) is 3.46. The molecule has 2 rings (SSSR count). The van der Waals surface area contributed by atoms with Gasteiger partial charge in [0, 0.05) is 12.7 Å². The van der Waals surface area contributed by atoms with E-state index in [9.17, 15) is 4.79 Å². The fourth-order valence-corrected chi connectivity index (χ4v) is 2.42. The average Bonchev–Trinajstić information content (AvgIpc) is 3.03. The van der Waals surface area contributed by atoms with Crippen molar-refractivity contribution >= 4 is 5.91 Å². The predicted octanol–water partition coefficient (Wildman–Crippen LogP) is 0.641. The monoisotopic (exact) mass is 287 g/mol. The van der Waals surface area contributed by atoms with Gasteiger partial charge in [-0.15, -0.1) is 0 Å². The van der Waals surface area contributed by atoms with Gasteiger partial charge in [-0.05, 0) is 51.0 Å². The molecule has 1 aromatic heterocycles. The van der Waals surface area contributed by atoms with Crippen molar-refractivity contribution in [1.82, 2.24) is 15.2 Å². The van der Waals surface area contributed by atoms with Gasteiger partial charge in [-0.25, -0.2) is 4.98 Å². The first kappa shape index (κ1) is 15.5. The normalized spacial score (nSPS) is 14.5. The second-order valence-electron chi connectivity index (χ2n) is 5.02. The van der Waals surface area contributed by atoms with E-state index in [1.54, 1.807) is 18.3 Å². The van der Waals surface area contributed by atoms with Crippen molar-refractivity contribution in [3.8, 4) is 11.8 Å². The van der Waals surface area contributed by atoms with Gasteiger partial charge < -0.3 is 15.3 Å². The minimum atomic E-state index is -0.230. The number of carbonyl (C=O) groups excluding carboxylic acids is 1. The molecule has 0 atom stereocenters. The number of aliphatic hydroxyl groups excluding tert-OH is 1. The summed E-state index contributed by atoms with van der Waals surface area (Å²) in [6.07, 6.45) is 5.08. The zero-order valence-electron chi connectivity index (χ0n) is 12.1. The zero-order valence-corrected chi connectivity index (χ0v) is 12.1. The van der Waals surface area contributed by atoms with Crippen LogP contribution in [0.4, 0.5) is 0 Å². The van der Waals surface area contributed by atoms with Gasteiger partial charge in [0.15, 0.2) is 0 Å². The van der Waals surface area contributed by atoms with E-state index < -0.39 is 0 Å². The third kappa shape index (κ3) is 4.85. The first-order chi connectivity index (χ1) is 10.3. The maximum Gasteiger partial charge on any atom is 0.271 e. The average molecular weight is 287 g/mol. The SMILES string of the molecule is O=C(NCCCN1CCCC1)c1ncccc1C#CCO. The minimum absolute atomic E-state index is 0.209. The molecular weight excluding hydrogens is 266 g/mol. The lowest BCUT2D eigenvalue weighted by molar-refractivity contribution is 0.0947. The maximum absolute atomic E-state index is 12.1. The van der Waals surface area contributed by atoms with Crippen LogP contribution in [0.5, 0.6) is 0 Å². The van der Waals surface area contributed by atoms with Crippen molar-refractivity contribution < 1.29 is 9.90 Å². The molecule has 1 aromatic rings. The Morgan fingerprint density at radius 3 is 3.00 bits per heavy atom. The predicted molar refractivity (Wildman–Crippen MR) is 80.8 cm³/mol. The molecule has 112 valence electrons. The van der Waals surface area contributed by atoms with Crippen molar-refractivity contribution in [3.63, 3.8) is 0 Å². The molecule has 1 aliphatic rings. The quantitative estimate of drug-likeness (QED) is 0.616. The van der Waals surface area contributed by atoms with Crippen LogP contribution in [0.1, 0.15) is 35.3 Å². The molecule has 5 nitrogen and oxygen atoms in total. The van der Waals surface area contributed by atoms with Gasteiger partial charge in [-0.1, -0.05) is 11.8 Å². The van der Waals surface area contributed by atoms with E-state index in [2.05, 4.69) is 27.0 Å². The summed E-state index contributed by atoms with van der Waals surface area (Å²) in [5.41, 5.74) is 0.864. The molecule has 0 unspecified atom stereocenters. The molecule has 0 saturated carbocycles. The van der Waals surface area contributed by atoms with Gasteiger partial charge in [0.2, 0.25) is 0 Å². The molecule has 1 amide bonds. The van der Waals surface area contributed by atoms with E-state index in [1.165, 1.54) is 25.9 Å². The fourth-order valence-electron chi connectivity index (χ4n) is 2.42. The Kier molecular flexibility index (Phi) is 6.20. The van der Waals surface area contributed by atoms with Crippen LogP contribution in [0.2, 0.25) is 0 Å². The van der Waals surface area contributed by atoms with E-state index in [-0.39, 0.29) is 12.5 Å². The number of pyridine rings is 1. The number of hydrogen-bond acceptors (Lipinski definition) is 4. The lowest BCUT2D eigenvalue weighted by atomic mass is 10.2. The Morgan fingerprint density at radius 2 is 2.24 bits per heavy atom. The van der Waals surface area contributed by atoms with Crippen LogP contribution in [-0.2, 0) is 0 Å². The number of aromatic nitrogens is 1. The maximum atomic E-state index is 12.1. The Balaban J connectivity index is 1.82. The molecule has 5 heteroatoms. The zero-order chi connectivity index (χ0) is 14.9. The summed E-state index contributed by atoms with van der Waals surface area (Å²) in [6.45, 7) is 3.79. The van der Waals surface area contributed by atoms with Gasteiger partial charge in [-0.2, -0.15) is 0 Å². The number of rotatable bonds is 5. The van der Waals surface area contributed by atoms with Crippen LogP contribution in [0.25, 0.3) is 0 Å². The van der Waals surface area contributed by atoms with Gasteiger partial charge >= 0.3 is 0 Å². The lowest BCUT2D eigenvalue weighted by Gasteiger charge is -2.14. The number of likely N-dealkylation sites (tertiary alicyclic amines) is 1. The van der Waals surface area contributed by atoms with E-state index in [0.717, 1.165) is 13.0 Å². The smallest absolute Gasteiger partial charge is 0.271 e. The van der Waals surface area contributed by atoms with Crippen molar-refractivity contribution in [2.45, 2.75) is 19.3 Å². The van der Waals surface area contributed by atoms with Gasteiger partial charge in [-0.3, -0.25) is 4.79 Å². The standard InChI is InChI=1S/C16H21N3O2/c20-13-4-7-14-6-3-8-17-15(14)16(21)18-9-5-12-19-10-1-2-11-19/h3,6,8,20H,1-2,5,9-13H2,(H,18,21). The number of aliphatic hydroxyl groups is 1. The Morgan fingerprint density at radius 1 is 1.43 bits per heavy atom. The molecule has 2 N–H and O–H groups in total. The molecule has 0 aromatic carbocycles. The molecule has 1 fully saturated rings. The summed E-state index contributed by atoms with van der Waals surface area (Å²) in [7, 11) is 0. The third-order valence-corrected chi connectivity index (χ3v) is 3.46. The Hall–Kier alpha value is -1.90. The second-order valence-corrected chi connectivity index (χ2v) is 5.02. The van der Waals surface area contributed by atoms with Crippen LogP contribution < -0.4 is 5.32 Å². The van der Waals surface area contributed by atoms with Crippen molar-refractivity contribution in [3.05, 3.63) is 29.6 Å². The fraction of sp³-hybridized carbons (Fsp3) is 0.500. The highest BCUT2D eigenvalue weighted by molar-refractivity contribution is 5.94. The van der Waals surface area contributed by atoms with Crippen molar-refractivity contribution in [1.29, 1.82) is 0 Å². The Bertz CT molecular complexity index is 528. The van der Waals surface area contributed by atoms with Gasteiger partial charge in [0.25, 0.3) is 5.91 Å². The van der Waals surface area contributed by atoms with E-state index in [0.29, 0.717) is 17.8 Å². The molecule has 0 bridgehead atoms. The number of carbonyl (C=O) groups is 1. The molecule has 21 heavy (non-hydrogen) atoms. The molecule has 2 heterocycles. The van der Waals surface area contributed by atoms with Crippen LogP contribution in [0.15, 0.2) is 18.3 Å². The molecule has 1 saturated heterocycles. The summed E-state index contributed by atoms with van der Waals surface area (Å²) in [5, 5.41) is 11.6. The van der Waals surface area contributed by atoms with Crippen LogP contribution in [0.3, 0.4) is 0 Å². The number of nitrogens with zero attached hydrogens (tertiary/aromatic N) is 2. The van der Waals surface area contributed by atoms with Gasteiger partial charge in [0.05, 0.1) is 5.56 Å². The summed E-state index contributed by atoms with van der Waals surface area (Å²) >= 11 is 0. The van der Waals surface area contributed by atoms with Crippen molar-refractivity contribution in [2.75, 3.05) is 32.8 Å².